The van der Waals surface area contributed by atoms with Crippen molar-refractivity contribution in [3.8, 4) is 0 Å². The van der Waals surface area contributed by atoms with E-state index in [1.807, 2.05) is 17.0 Å². The molecule has 1 aliphatic heterocycles. The fourth-order valence-electron chi connectivity index (χ4n) is 2.55. The monoisotopic (exact) mass is 386 g/mol. The van der Waals surface area contributed by atoms with E-state index in [1.54, 1.807) is 6.07 Å². The van der Waals surface area contributed by atoms with Crippen LogP contribution in [0, 0.1) is 0 Å². The molecule has 2 heterocycles. The summed E-state index contributed by atoms with van der Waals surface area (Å²) in [7, 11) is 0. The zero-order chi connectivity index (χ0) is 16.4. The lowest BCUT2D eigenvalue weighted by Gasteiger charge is -2.36. The summed E-state index contributed by atoms with van der Waals surface area (Å²) >= 11 is 3.24. The van der Waals surface area contributed by atoms with Crippen molar-refractivity contribution < 1.29 is 13.2 Å². The van der Waals surface area contributed by atoms with Gasteiger partial charge in [0.25, 0.3) is 0 Å². The Labute approximate surface area is 140 Å². The fourth-order valence-corrected chi connectivity index (χ4v) is 2.76. The van der Waals surface area contributed by atoms with E-state index in [1.165, 1.54) is 12.1 Å². The van der Waals surface area contributed by atoms with Crippen LogP contribution in [0.15, 0.2) is 41.0 Å². The molecule has 0 unspecified atom stereocenters. The molecule has 4 nitrogen and oxygen atoms in total. The molecular formula is C15H14BrF3N4. The Hall–Kier alpha value is -1.83. The molecule has 1 saturated heterocycles. The molecule has 1 aliphatic rings. The topological polar surface area (TPSA) is 32.3 Å². The van der Waals surface area contributed by atoms with Gasteiger partial charge in [-0.05, 0) is 46.3 Å². The maximum absolute atomic E-state index is 12.8. The molecular weight excluding hydrogens is 373 g/mol. The quantitative estimate of drug-likeness (QED) is 0.789. The number of piperazine rings is 1. The standard InChI is InChI=1S/C15H14BrF3N4/c16-13-4-5-14(21-20-13)23-8-6-22(7-9-23)12-3-1-2-11(10-12)15(17,18)19/h1-5,10H,6-9H2. The summed E-state index contributed by atoms with van der Waals surface area (Å²) in [6.07, 6.45) is -4.31. The minimum absolute atomic E-state index is 0.598. The molecule has 0 radical (unpaired) electrons. The van der Waals surface area contributed by atoms with E-state index >= 15 is 0 Å². The minimum Gasteiger partial charge on any atom is -0.368 e. The van der Waals surface area contributed by atoms with Gasteiger partial charge >= 0.3 is 6.18 Å². The molecule has 3 rings (SSSR count). The van der Waals surface area contributed by atoms with Gasteiger partial charge in [0.15, 0.2) is 5.82 Å². The average molecular weight is 387 g/mol. The molecule has 8 heteroatoms. The van der Waals surface area contributed by atoms with Crippen LogP contribution in [0.2, 0.25) is 0 Å². The molecule has 0 atom stereocenters. The van der Waals surface area contributed by atoms with Gasteiger partial charge in [-0.1, -0.05) is 6.07 Å². The predicted molar refractivity (Wildman–Crippen MR) is 85.6 cm³/mol. The van der Waals surface area contributed by atoms with Crippen molar-refractivity contribution in [2.45, 2.75) is 6.18 Å². The van der Waals surface area contributed by atoms with Crippen molar-refractivity contribution in [3.05, 3.63) is 46.6 Å². The Balaban J connectivity index is 1.68. The second-order valence-electron chi connectivity index (χ2n) is 5.24. The number of benzene rings is 1. The molecule has 0 N–H and O–H groups in total. The van der Waals surface area contributed by atoms with Gasteiger partial charge in [-0.15, -0.1) is 10.2 Å². The van der Waals surface area contributed by atoms with Crippen molar-refractivity contribution in [2.75, 3.05) is 36.0 Å². The van der Waals surface area contributed by atoms with Crippen LogP contribution in [0.25, 0.3) is 0 Å². The van der Waals surface area contributed by atoms with Gasteiger partial charge in [0.05, 0.1) is 5.56 Å². The average Bonchev–Trinajstić information content (AvgIpc) is 2.55. The second kappa shape index (κ2) is 6.35. The molecule has 0 bridgehead atoms. The zero-order valence-corrected chi connectivity index (χ0v) is 13.7. The molecule has 1 fully saturated rings. The minimum atomic E-state index is -4.31. The molecule has 1 aromatic carbocycles. The predicted octanol–water partition coefficient (Wildman–Crippen LogP) is 3.58. The van der Waals surface area contributed by atoms with Crippen LogP contribution in [0.4, 0.5) is 24.7 Å². The summed E-state index contributed by atoms with van der Waals surface area (Å²) in [5.74, 6) is 0.775. The van der Waals surface area contributed by atoms with Crippen molar-refractivity contribution in [1.82, 2.24) is 10.2 Å². The van der Waals surface area contributed by atoms with E-state index in [4.69, 9.17) is 0 Å². The molecule has 0 amide bonds. The first-order valence-electron chi connectivity index (χ1n) is 7.10. The fraction of sp³-hybridized carbons (Fsp3) is 0.333. The Morgan fingerprint density at radius 3 is 2.22 bits per heavy atom. The summed E-state index contributed by atoms with van der Waals surface area (Å²) in [6.45, 7) is 2.65. The lowest BCUT2D eigenvalue weighted by Crippen LogP contribution is -2.47. The van der Waals surface area contributed by atoms with Crippen molar-refractivity contribution >= 4 is 27.4 Å². The van der Waals surface area contributed by atoms with Crippen LogP contribution in [-0.4, -0.2) is 36.4 Å². The molecule has 0 saturated carbocycles. The van der Waals surface area contributed by atoms with Crippen LogP contribution in [-0.2, 0) is 6.18 Å². The Bertz CT molecular complexity index is 667. The first-order valence-corrected chi connectivity index (χ1v) is 7.89. The van der Waals surface area contributed by atoms with Crippen LogP contribution in [0.1, 0.15) is 5.56 Å². The third-order valence-corrected chi connectivity index (χ3v) is 4.18. The van der Waals surface area contributed by atoms with Gasteiger partial charge < -0.3 is 9.80 Å². The first-order chi connectivity index (χ1) is 10.9. The third kappa shape index (κ3) is 3.74. The molecule has 1 aromatic heterocycles. The normalized spacial score (nSPS) is 15.8. The highest BCUT2D eigenvalue weighted by atomic mass is 79.9. The van der Waals surface area contributed by atoms with E-state index in [2.05, 4.69) is 31.0 Å². The number of aromatic nitrogens is 2. The maximum atomic E-state index is 12.8. The third-order valence-electron chi connectivity index (χ3n) is 3.76. The smallest absolute Gasteiger partial charge is 0.368 e. The van der Waals surface area contributed by atoms with Crippen LogP contribution < -0.4 is 9.80 Å². The number of halogens is 4. The molecule has 0 spiro atoms. The summed E-state index contributed by atoms with van der Waals surface area (Å²) in [4.78, 5) is 4.03. The number of nitrogens with zero attached hydrogens (tertiary/aromatic N) is 4. The van der Waals surface area contributed by atoms with Gasteiger partial charge in [0.2, 0.25) is 0 Å². The summed E-state index contributed by atoms with van der Waals surface area (Å²) in [6, 6.07) is 9.15. The number of anilines is 2. The Morgan fingerprint density at radius 1 is 0.913 bits per heavy atom. The van der Waals surface area contributed by atoms with E-state index in [0.29, 0.717) is 36.5 Å². The van der Waals surface area contributed by atoms with E-state index < -0.39 is 11.7 Å². The van der Waals surface area contributed by atoms with E-state index in [9.17, 15) is 13.2 Å². The van der Waals surface area contributed by atoms with Crippen LogP contribution >= 0.6 is 15.9 Å². The molecule has 0 aliphatic carbocycles. The number of rotatable bonds is 2. The largest absolute Gasteiger partial charge is 0.416 e. The number of alkyl halides is 3. The summed E-state index contributed by atoms with van der Waals surface area (Å²) < 4.78 is 39.1. The van der Waals surface area contributed by atoms with Gasteiger partial charge in [-0.2, -0.15) is 13.2 Å². The molecule has 2 aromatic rings. The number of hydrogen-bond donors (Lipinski definition) is 0. The van der Waals surface area contributed by atoms with Gasteiger partial charge in [0, 0.05) is 31.9 Å². The lowest BCUT2D eigenvalue weighted by molar-refractivity contribution is -0.137. The SMILES string of the molecule is FC(F)(F)c1cccc(N2CCN(c3ccc(Br)nn3)CC2)c1. The Kier molecular flexibility index (Phi) is 4.43. The van der Waals surface area contributed by atoms with Crippen molar-refractivity contribution in [2.24, 2.45) is 0 Å². The van der Waals surface area contributed by atoms with Crippen LogP contribution in [0.5, 0.6) is 0 Å². The summed E-state index contributed by atoms with van der Waals surface area (Å²) in [5, 5.41) is 8.06. The zero-order valence-electron chi connectivity index (χ0n) is 12.1. The highest BCUT2D eigenvalue weighted by molar-refractivity contribution is 9.10. The van der Waals surface area contributed by atoms with Gasteiger partial charge in [-0.25, -0.2) is 0 Å². The highest BCUT2D eigenvalue weighted by Crippen LogP contribution is 2.32. The second-order valence-corrected chi connectivity index (χ2v) is 6.05. The first kappa shape index (κ1) is 16.0. The van der Waals surface area contributed by atoms with E-state index in [0.717, 1.165) is 11.9 Å². The van der Waals surface area contributed by atoms with Crippen LogP contribution in [0.3, 0.4) is 0 Å². The van der Waals surface area contributed by atoms with Gasteiger partial charge in [0.1, 0.15) is 4.60 Å². The highest BCUT2D eigenvalue weighted by Gasteiger charge is 2.31. The van der Waals surface area contributed by atoms with Crippen molar-refractivity contribution in [1.29, 1.82) is 0 Å². The molecule has 23 heavy (non-hydrogen) atoms. The number of hydrogen-bond acceptors (Lipinski definition) is 4. The lowest BCUT2D eigenvalue weighted by atomic mass is 10.1. The van der Waals surface area contributed by atoms with Gasteiger partial charge in [-0.3, -0.25) is 0 Å². The summed E-state index contributed by atoms with van der Waals surface area (Å²) in [5.41, 5.74) is -0.0161. The van der Waals surface area contributed by atoms with E-state index in [-0.39, 0.29) is 0 Å². The Morgan fingerprint density at radius 2 is 1.61 bits per heavy atom. The molecule has 122 valence electrons. The maximum Gasteiger partial charge on any atom is 0.416 e. The van der Waals surface area contributed by atoms with Crippen molar-refractivity contribution in [3.63, 3.8) is 0 Å².